The van der Waals surface area contributed by atoms with E-state index in [2.05, 4.69) is 20.3 Å². The molecule has 2 aliphatic rings. The van der Waals surface area contributed by atoms with Gasteiger partial charge in [0.1, 0.15) is 23.6 Å². The zero-order chi connectivity index (χ0) is 27.6. The number of carbonyl (C=O) groups is 2. The average Bonchev–Trinajstić information content (AvgIpc) is 3.49. The van der Waals surface area contributed by atoms with Crippen molar-refractivity contribution in [2.24, 2.45) is 0 Å². The lowest BCUT2D eigenvalue weighted by Crippen LogP contribution is -2.38. The van der Waals surface area contributed by atoms with Crippen molar-refractivity contribution in [1.82, 2.24) is 24.3 Å². The number of rotatable bonds is 4. The normalized spacial score (nSPS) is 14.8. The highest BCUT2D eigenvalue weighted by molar-refractivity contribution is 6.05. The highest BCUT2D eigenvalue weighted by Gasteiger charge is 2.36. The van der Waals surface area contributed by atoms with Crippen LogP contribution in [0.5, 0.6) is 5.75 Å². The fourth-order valence-corrected chi connectivity index (χ4v) is 4.89. The van der Waals surface area contributed by atoms with Crippen LogP contribution in [-0.4, -0.2) is 48.6 Å². The molecule has 3 aromatic heterocycles. The largest absolute Gasteiger partial charge is 0.485 e. The molecule has 1 N–H and O–H groups in total. The molecular weight excluding hydrogens is 520 g/mol. The van der Waals surface area contributed by atoms with Crippen molar-refractivity contribution < 1.29 is 31.9 Å². The van der Waals surface area contributed by atoms with Crippen LogP contribution in [0, 0.1) is 5.82 Å². The number of aromatic nitrogens is 4. The number of carbonyl (C=O) groups excluding carboxylic acids is 2. The van der Waals surface area contributed by atoms with Gasteiger partial charge in [-0.25, -0.2) is 19.3 Å². The standard InChI is InChI=1S/C26H20F4N6O3/c1-12(2)35-9-17-13(3-6-20(34-17)26(28,29)30)14-7-31-25(36-11-33-22(23(14)36)24(35)38)32-8-15-16(27)4-5-19-21(15)18(37)10-39-19/h3-7,11-12H,8-10H2,1-2H3,(H,31,32). The van der Waals surface area contributed by atoms with E-state index in [0.717, 1.165) is 6.07 Å². The van der Waals surface area contributed by atoms with Gasteiger partial charge in [-0.3, -0.25) is 14.0 Å². The van der Waals surface area contributed by atoms with Crippen LogP contribution < -0.4 is 10.1 Å². The van der Waals surface area contributed by atoms with E-state index in [1.165, 1.54) is 40.0 Å². The minimum Gasteiger partial charge on any atom is -0.485 e. The van der Waals surface area contributed by atoms with Crippen LogP contribution in [-0.2, 0) is 19.3 Å². The number of amides is 1. The maximum absolute atomic E-state index is 14.7. The molecule has 0 aliphatic carbocycles. The number of benzene rings is 1. The van der Waals surface area contributed by atoms with Crippen LogP contribution in [0.25, 0.3) is 16.6 Å². The van der Waals surface area contributed by atoms with E-state index in [0.29, 0.717) is 22.4 Å². The van der Waals surface area contributed by atoms with Crippen molar-refractivity contribution >= 4 is 23.2 Å². The second-order valence-corrected chi connectivity index (χ2v) is 9.49. The molecule has 0 spiro atoms. The molecule has 39 heavy (non-hydrogen) atoms. The molecule has 9 nitrogen and oxygen atoms in total. The minimum absolute atomic E-state index is 0.0727. The maximum atomic E-state index is 14.7. The van der Waals surface area contributed by atoms with Gasteiger partial charge in [0.05, 0.1) is 23.3 Å². The number of hydrogen-bond donors (Lipinski definition) is 1. The molecule has 0 saturated carbocycles. The van der Waals surface area contributed by atoms with Gasteiger partial charge in [0.15, 0.2) is 12.3 Å². The van der Waals surface area contributed by atoms with Crippen LogP contribution in [0.3, 0.4) is 0 Å². The second-order valence-electron chi connectivity index (χ2n) is 9.49. The summed E-state index contributed by atoms with van der Waals surface area (Å²) in [6.07, 6.45) is -1.88. The predicted molar refractivity (Wildman–Crippen MR) is 130 cm³/mol. The van der Waals surface area contributed by atoms with Crippen molar-refractivity contribution in [1.29, 1.82) is 0 Å². The SMILES string of the molecule is CC(C)N1Cc2nc(C(F)(F)F)ccc2-c2cnc(NCc3c(F)ccc4c3C(=O)CO4)n3cnc(c23)C1=O. The van der Waals surface area contributed by atoms with Gasteiger partial charge < -0.3 is 15.0 Å². The molecule has 0 fully saturated rings. The Hall–Kier alpha value is -4.55. The number of ether oxygens (including phenoxy) is 1. The Labute approximate surface area is 218 Å². The summed E-state index contributed by atoms with van der Waals surface area (Å²) in [5.41, 5.74) is 0.409. The predicted octanol–water partition coefficient (Wildman–Crippen LogP) is 4.50. The molecule has 5 heterocycles. The molecular formula is C26H20F4N6O3. The molecule has 0 unspecified atom stereocenters. The van der Waals surface area contributed by atoms with Crippen LogP contribution in [0.1, 0.15) is 51.6 Å². The van der Waals surface area contributed by atoms with Gasteiger partial charge in [0, 0.05) is 35.5 Å². The highest BCUT2D eigenvalue weighted by atomic mass is 19.4. The molecule has 0 bridgehead atoms. The van der Waals surface area contributed by atoms with E-state index in [1.54, 1.807) is 13.8 Å². The summed E-state index contributed by atoms with van der Waals surface area (Å²) >= 11 is 0. The lowest BCUT2D eigenvalue weighted by atomic mass is 10.00. The van der Waals surface area contributed by atoms with Crippen LogP contribution in [0.15, 0.2) is 36.8 Å². The Morgan fingerprint density at radius 3 is 2.64 bits per heavy atom. The van der Waals surface area contributed by atoms with Crippen molar-refractivity contribution in [3.63, 3.8) is 0 Å². The number of fused-ring (bicyclic) bond motifs is 3. The first-order valence-corrected chi connectivity index (χ1v) is 12.0. The van der Waals surface area contributed by atoms with Crippen LogP contribution in [0.4, 0.5) is 23.5 Å². The Kier molecular flexibility index (Phi) is 5.56. The third-order valence-corrected chi connectivity index (χ3v) is 6.81. The van der Waals surface area contributed by atoms with E-state index in [9.17, 15) is 27.2 Å². The van der Waals surface area contributed by atoms with Crippen LogP contribution >= 0.6 is 0 Å². The van der Waals surface area contributed by atoms with Crippen molar-refractivity contribution in [3.05, 3.63) is 70.8 Å². The van der Waals surface area contributed by atoms with E-state index >= 15 is 0 Å². The fourth-order valence-electron chi connectivity index (χ4n) is 4.89. The van der Waals surface area contributed by atoms with Gasteiger partial charge in [0.2, 0.25) is 11.7 Å². The molecule has 6 rings (SSSR count). The lowest BCUT2D eigenvalue weighted by Gasteiger charge is -2.29. The molecule has 4 aromatic rings. The summed E-state index contributed by atoms with van der Waals surface area (Å²) in [4.78, 5) is 39.8. The highest BCUT2D eigenvalue weighted by Crippen LogP contribution is 2.37. The molecule has 1 amide bonds. The first-order valence-electron chi connectivity index (χ1n) is 12.0. The van der Waals surface area contributed by atoms with Crippen LogP contribution in [0.2, 0.25) is 0 Å². The number of nitrogens with one attached hydrogen (secondary N) is 1. The maximum Gasteiger partial charge on any atom is 0.433 e. The molecule has 200 valence electrons. The summed E-state index contributed by atoms with van der Waals surface area (Å²) in [6.45, 7) is 3.05. The topological polar surface area (TPSA) is 102 Å². The van der Waals surface area contributed by atoms with Crippen molar-refractivity contribution in [2.45, 2.75) is 39.2 Å². The van der Waals surface area contributed by atoms with E-state index in [-0.39, 0.29) is 60.0 Å². The lowest BCUT2D eigenvalue weighted by molar-refractivity contribution is -0.141. The quantitative estimate of drug-likeness (QED) is 0.381. The molecule has 13 heteroatoms. The van der Waals surface area contributed by atoms with Gasteiger partial charge in [-0.15, -0.1) is 0 Å². The summed E-state index contributed by atoms with van der Waals surface area (Å²) in [6, 6.07) is 4.45. The van der Waals surface area contributed by atoms with Gasteiger partial charge >= 0.3 is 6.18 Å². The zero-order valence-corrected chi connectivity index (χ0v) is 20.6. The number of alkyl halides is 3. The molecule has 0 atom stereocenters. The summed E-state index contributed by atoms with van der Waals surface area (Å²) in [5, 5.41) is 3.00. The number of ketones is 1. The Morgan fingerprint density at radius 1 is 1.10 bits per heavy atom. The summed E-state index contributed by atoms with van der Waals surface area (Å²) in [7, 11) is 0. The third kappa shape index (κ3) is 3.96. The van der Waals surface area contributed by atoms with Crippen molar-refractivity contribution in [3.8, 4) is 16.9 Å². The summed E-state index contributed by atoms with van der Waals surface area (Å²) < 4.78 is 61.9. The van der Waals surface area contributed by atoms with Crippen molar-refractivity contribution in [2.75, 3.05) is 11.9 Å². The van der Waals surface area contributed by atoms with E-state index in [4.69, 9.17) is 4.74 Å². The Balaban J connectivity index is 1.48. The van der Waals surface area contributed by atoms with Gasteiger partial charge in [-0.2, -0.15) is 13.2 Å². The molecule has 0 saturated heterocycles. The Bertz CT molecular complexity index is 1680. The van der Waals surface area contributed by atoms with Gasteiger partial charge in [0.25, 0.3) is 5.91 Å². The Morgan fingerprint density at radius 2 is 1.90 bits per heavy atom. The van der Waals surface area contributed by atoms with E-state index < -0.39 is 23.6 Å². The summed E-state index contributed by atoms with van der Waals surface area (Å²) in [5.74, 6) is -0.951. The first kappa shape index (κ1) is 24.8. The second kappa shape index (κ2) is 8.75. The molecule has 2 aliphatic heterocycles. The van der Waals surface area contributed by atoms with E-state index in [1.807, 2.05) is 0 Å². The minimum atomic E-state index is -4.66. The van der Waals surface area contributed by atoms with Gasteiger partial charge in [-0.1, -0.05) is 6.07 Å². The van der Waals surface area contributed by atoms with Gasteiger partial charge in [-0.05, 0) is 32.0 Å². The number of pyridine rings is 1. The smallest absolute Gasteiger partial charge is 0.433 e. The average molecular weight is 540 g/mol. The number of halogens is 4. The molecule has 0 radical (unpaired) electrons. The molecule has 1 aromatic carbocycles. The number of imidazole rings is 1. The number of Topliss-reactive ketones (excluding diaryl/α,β-unsaturated/α-hetero) is 1. The third-order valence-electron chi connectivity index (χ3n) is 6.81. The number of nitrogens with zero attached hydrogens (tertiary/aromatic N) is 5. The zero-order valence-electron chi connectivity index (χ0n) is 20.6. The monoisotopic (exact) mass is 540 g/mol. The number of hydrogen-bond acceptors (Lipinski definition) is 7. The number of anilines is 1. The first-order chi connectivity index (χ1) is 18.5. The fraction of sp³-hybridized carbons (Fsp3) is 0.269.